The lowest BCUT2D eigenvalue weighted by molar-refractivity contribution is 0.0695. The molecule has 0 aromatic carbocycles. The molecule has 0 saturated heterocycles. The summed E-state index contributed by atoms with van der Waals surface area (Å²) in [6.45, 7) is 5.59. The maximum atomic E-state index is 12.1. The van der Waals surface area contributed by atoms with E-state index in [1.807, 2.05) is 6.92 Å². The van der Waals surface area contributed by atoms with Crippen molar-refractivity contribution >= 4 is 17.6 Å². The lowest BCUT2D eigenvalue weighted by Gasteiger charge is -2.09. The number of amides is 1. The summed E-state index contributed by atoms with van der Waals surface area (Å²) >= 11 is 0. The Hall–Kier alpha value is -2.31. The second kappa shape index (κ2) is 5.99. The number of aromatic nitrogens is 1. The number of carbonyl (C=O) groups excluding carboxylic acids is 1. The van der Waals surface area contributed by atoms with E-state index in [0.29, 0.717) is 24.2 Å². The molecule has 0 unspecified atom stereocenters. The fourth-order valence-corrected chi connectivity index (χ4v) is 2.40. The summed E-state index contributed by atoms with van der Waals surface area (Å²) < 4.78 is 0. The third kappa shape index (κ3) is 3.07. The van der Waals surface area contributed by atoms with Crippen LogP contribution in [0.2, 0.25) is 0 Å². The molecule has 2 rings (SSSR count). The second-order valence-electron chi connectivity index (χ2n) is 5.08. The summed E-state index contributed by atoms with van der Waals surface area (Å²) in [7, 11) is 0. The van der Waals surface area contributed by atoms with E-state index < -0.39 is 5.97 Å². The van der Waals surface area contributed by atoms with Gasteiger partial charge in [0.15, 0.2) is 0 Å². The number of hydrogen-bond donors (Lipinski definition) is 3. The van der Waals surface area contributed by atoms with Crippen LogP contribution in [0.25, 0.3) is 0 Å². The number of aromatic carboxylic acids is 1. The topological polar surface area (TPSA) is 104 Å². The Morgan fingerprint density at radius 3 is 2.71 bits per heavy atom. The van der Waals surface area contributed by atoms with Crippen LogP contribution in [0.15, 0.2) is 5.16 Å². The Labute approximate surface area is 122 Å². The third-order valence-corrected chi connectivity index (χ3v) is 3.57. The van der Waals surface area contributed by atoms with Crippen molar-refractivity contribution in [2.24, 2.45) is 5.16 Å². The lowest BCUT2D eigenvalue weighted by atomic mass is 10.1. The van der Waals surface area contributed by atoms with Gasteiger partial charge in [-0.25, -0.2) is 4.79 Å². The first-order valence-corrected chi connectivity index (χ1v) is 6.86. The fourth-order valence-electron chi connectivity index (χ4n) is 2.40. The standard InChI is InChI=1S/C14H19N3O4/c1-4-9-5-10(21-17-9)6-15-13(18)12-7(2)11(14(19)20)8(3)16-12/h10,16H,4-6H2,1-3H3,(H,15,18)(H,19,20)/t10-/m0/s1. The van der Waals surface area contributed by atoms with Crippen LogP contribution < -0.4 is 5.32 Å². The minimum atomic E-state index is -1.04. The normalized spacial score (nSPS) is 17.3. The number of carboxylic acid groups (broad SMARTS) is 1. The molecule has 0 bridgehead atoms. The van der Waals surface area contributed by atoms with Gasteiger partial charge in [-0.15, -0.1) is 0 Å². The average Bonchev–Trinajstić information content (AvgIpc) is 3.00. The molecule has 1 aromatic heterocycles. The molecule has 7 heteroatoms. The van der Waals surface area contributed by atoms with E-state index in [-0.39, 0.29) is 23.3 Å². The number of carbonyl (C=O) groups is 2. The number of rotatable bonds is 5. The number of oxime groups is 1. The molecule has 0 spiro atoms. The number of aromatic amines is 1. The molecule has 1 amide bonds. The summed E-state index contributed by atoms with van der Waals surface area (Å²) in [6, 6.07) is 0. The van der Waals surface area contributed by atoms with Crippen molar-refractivity contribution in [3.05, 3.63) is 22.5 Å². The van der Waals surface area contributed by atoms with Gasteiger partial charge in [-0.2, -0.15) is 0 Å². The third-order valence-electron chi connectivity index (χ3n) is 3.57. The Balaban J connectivity index is 1.99. The van der Waals surface area contributed by atoms with E-state index in [2.05, 4.69) is 15.5 Å². The van der Waals surface area contributed by atoms with Crippen molar-refractivity contribution in [2.75, 3.05) is 6.54 Å². The molecule has 1 aliphatic rings. The van der Waals surface area contributed by atoms with Crippen LogP contribution in [0.5, 0.6) is 0 Å². The van der Waals surface area contributed by atoms with Crippen molar-refractivity contribution in [1.82, 2.24) is 10.3 Å². The first-order chi connectivity index (χ1) is 9.93. The highest BCUT2D eigenvalue weighted by molar-refractivity contribution is 6.00. The molecule has 0 saturated carbocycles. The van der Waals surface area contributed by atoms with E-state index in [0.717, 1.165) is 12.1 Å². The molecule has 7 nitrogen and oxygen atoms in total. The van der Waals surface area contributed by atoms with Gasteiger partial charge in [-0.1, -0.05) is 12.1 Å². The monoisotopic (exact) mass is 293 g/mol. The molecule has 1 aliphatic heterocycles. The molecule has 0 radical (unpaired) electrons. The highest BCUT2D eigenvalue weighted by Gasteiger charge is 2.24. The van der Waals surface area contributed by atoms with Crippen LogP contribution in [-0.2, 0) is 4.84 Å². The number of nitrogens with zero attached hydrogens (tertiary/aromatic N) is 1. The predicted molar refractivity (Wildman–Crippen MR) is 76.8 cm³/mol. The minimum absolute atomic E-state index is 0.147. The van der Waals surface area contributed by atoms with Gasteiger partial charge in [0.25, 0.3) is 5.91 Å². The minimum Gasteiger partial charge on any atom is -0.478 e. The first kappa shape index (κ1) is 15.1. The highest BCUT2D eigenvalue weighted by Crippen LogP contribution is 2.18. The maximum Gasteiger partial charge on any atom is 0.337 e. The molecule has 3 N–H and O–H groups in total. The van der Waals surface area contributed by atoms with Gasteiger partial charge in [0.05, 0.1) is 17.8 Å². The Morgan fingerprint density at radius 2 is 2.19 bits per heavy atom. The van der Waals surface area contributed by atoms with Crippen LogP contribution in [0, 0.1) is 13.8 Å². The molecule has 0 fully saturated rings. The quantitative estimate of drug-likeness (QED) is 0.767. The molecule has 0 aliphatic carbocycles. The van der Waals surface area contributed by atoms with Crippen molar-refractivity contribution in [3.8, 4) is 0 Å². The second-order valence-corrected chi connectivity index (χ2v) is 5.08. The Kier molecular flexibility index (Phi) is 4.30. The summed E-state index contributed by atoms with van der Waals surface area (Å²) in [5, 5.41) is 15.8. The Bertz CT molecular complexity index is 604. The molecular weight excluding hydrogens is 274 g/mol. The maximum absolute atomic E-state index is 12.1. The zero-order chi connectivity index (χ0) is 15.6. The summed E-state index contributed by atoms with van der Waals surface area (Å²) in [5.41, 5.74) is 2.32. The molecule has 21 heavy (non-hydrogen) atoms. The van der Waals surface area contributed by atoms with Gasteiger partial charge < -0.3 is 20.2 Å². The van der Waals surface area contributed by atoms with Crippen LogP contribution >= 0.6 is 0 Å². The van der Waals surface area contributed by atoms with Gasteiger partial charge in [-0.3, -0.25) is 4.79 Å². The van der Waals surface area contributed by atoms with Crippen molar-refractivity contribution < 1.29 is 19.5 Å². The van der Waals surface area contributed by atoms with Gasteiger partial charge >= 0.3 is 5.97 Å². The van der Waals surface area contributed by atoms with E-state index >= 15 is 0 Å². The van der Waals surface area contributed by atoms with Crippen molar-refractivity contribution in [3.63, 3.8) is 0 Å². The lowest BCUT2D eigenvalue weighted by Crippen LogP contribution is -2.32. The number of carboxylic acids is 1. The number of H-pyrrole nitrogens is 1. The SMILES string of the molecule is CCC1=NO[C@H](CNC(=O)c2[nH]c(C)c(C(=O)O)c2C)C1. The number of nitrogens with one attached hydrogen (secondary N) is 2. The van der Waals surface area contributed by atoms with Gasteiger partial charge in [0.2, 0.25) is 0 Å². The largest absolute Gasteiger partial charge is 0.478 e. The van der Waals surface area contributed by atoms with E-state index in [9.17, 15) is 9.59 Å². The predicted octanol–water partition coefficient (Wildman–Crippen LogP) is 1.61. The fraction of sp³-hybridized carbons (Fsp3) is 0.500. The summed E-state index contributed by atoms with van der Waals surface area (Å²) in [5.74, 6) is -1.38. The molecule has 2 heterocycles. The Morgan fingerprint density at radius 1 is 1.48 bits per heavy atom. The first-order valence-electron chi connectivity index (χ1n) is 6.86. The summed E-state index contributed by atoms with van der Waals surface area (Å²) in [4.78, 5) is 31.3. The smallest absolute Gasteiger partial charge is 0.337 e. The number of aryl methyl sites for hydroxylation is 1. The van der Waals surface area contributed by atoms with Crippen LogP contribution in [-0.4, -0.2) is 40.3 Å². The zero-order valence-corrected chi connectivity index (χ0v) is 12.3. The molecule has 1 atom stereocenters. The van der Waals surface area contributed by atoms with Crippen LogP contribution in [0.4, 0.5) is 0 Å². The van der Waals surface area contributed by atoms with Gasteiger partial charge in [0.1, 0.15) is 11.8 Å². The van der Waals surface area contributed by atoms with Crippen LogP contribution in [0.3, 0.4) is 0 Å². The zero-order valence-electron chi connectivity index (χ0n) is 12.3. The molecule has 1 aromatic rings. The van der Waals surface area contributed by atoms with E-state index in [1.165, 1.54) is 0 Å². The van der Waals surface area contributed by atoms with Gasteiger partial charge in [-0.05, 0) is 25.8 Å². The van der Waals surface area contributed by atoms with E-state index in [4.69, 9.17) is 9.94 Å². The van der Waals surface area contributed by atoms with Crippen LogP contribution in [0.1, 0.15) is 51.9 Å². The van der Waals surface area contributed by atoms with Gasteiger partial charge in [0, 0.05) is 12.1 Å². The average molecular weight is 293 g/mol. The number of hydrogen-bond acceptors (Lipinski definition) is 4. The molecule has 114 valence electrons. The van der Waals surface area contributed by atoms with Crippen molar-refractivity contribution in [1.29, 1.82) is 0 Å². The van der Waals surface area contributed by atoms with Crippen molar-refractivity contribution in [2.45, 2.75) is 39.7 Å². The highest BCUT2D eigenvalue weighted by atomic mass is 16.6. The summed E-state index contributed by atoms with van der Waals surface area (Å²) in [6.07, 6.45) is 1.39. The van der Waals surface area contributed by atoms with E-state index in [1.54, 1.807) is 13.8 Å². The molecular formula is C14H19N3O4.